The van der Waals surface area contributed by atoms with Gasteiger partial charge in [-0.3, -0.25) is 14.5 Å². The number of unbranched alkanes of at least 4 members (excludes halogenated alkanes) is 1. The number of rotatable bonds is 7. The standard InChI is InChI=1S/C31H27FN2O5S/c1-3-4-12-38-22-7-5-6-18(15-22)27-26(28(35)19-8-11-24-20(14-19)13-17(2)39-24)29(36)30(37)34(27)31-33-23-10-9-21(32)16-25(23)40-31/h5-11,14-17,27,35H,3-4,12-13H2,1-2H3/t17-,27+/m0/s1. The number of anilines is 1. The van der Waals surface area contributed by atoms with Gasteiger partial charge < -0.3 is 14.6 Å². The summed E-state index contributed by atoms with van der Waals surface area (Å²) in [6, 6.07) is 15.6. The molecule has 9 heteroatoms. The zero-order valence-corrected chi connectivity index (χ0v) is 22.8. The molecule has 1 saturated heterocycles. The highest BCUT2D eigenvalue weighted by molar-refractivity contribution is 7.22. The van der Waals surface area contributed by atoms with Crippen LogP contribution in [0.25, 0.3) is 16.0 Å². The Morgan fingerprint density at radius 1 is 1.18 bits per heavy atom. The molecule has 6 rings (SSSR count). The molecule has 0 spiro atoms. The van der Waals surface area contributed by atoms with E-state index in [2.05, 4.69) is 11.9 Å². The Hall–Kier alpha value is -4.24. The Balaban J connectivity index is 1.50. The van der Waals surface area contributed by atoms with Crippen LogP contribution in [-0.4, -0.2) is 34.5 Å². The number of aliphatic hydroxyl groups excluding tert-OH is 1. The van der Waals surface area contributed by atoms with Crippen LogP contribution in [0.3, 0.4) is 0 Å². The summed E-state index contributed by atoms with van der Waals surface area (Å²) in [5, 5.41) is 11.8. The van der Waals surface area contributed by atoms with E-state index in [1.807, 2.05) is 13.0 Å². The lowest BCUT2D eigenvalue weighted by Gasteiger charge is -2.23. The monoisotopic (exact) mass is 558 g/mol. The lowest BCUT2D eigenvalue weighted by Crippen LogP contribution is -2.29. The molecule has 2 aliphatic rings. The van der Waals surface area contributed by atoms with E-state index in [0.717, 1.165) is 35.5 Å². The number of hydrogen-bond donors (Lipinski definition) is 1. The zero-order chi connectivity index (χ0) is 28.0. The molecule has 0 saturated carbocycles. The van der Waals surface area contributed by atoms with Crippen molar-refractivity contribution in [1.29, 1.82) is 0 Å². The molecule has 7 nitrogen and oxygen atoms in total. The van der Waals surface area contributed by atoms with E-state index in [9.17, 15) is 19.1 Å². The Kier molecular flexibility index (Phi) is 6.75. The number of thiazole rings is 1. The van der Waals surface area contributed by atoms with Crippen LogP contribution < -0.4 is 14.4 Å². The van der Waals surface area contributed by atoms with Crippen LogP contribution in [0.4, 0.5) is 9.52 Å². The predicted molar refractivity (Wildman–Crippen MR) is 151 cm³/mol. The summed E-state index contributed by atoms with van der Waals surface area (Å²) >= 11 is 1.11. The first-order chi connectivity index (χ1) is 19.3. The molecule has 40 heavy (non-hydrogen) atoms. The van der Waals surface area contributed by atoms with Gasteiger partial charge in [-0.1, -0.05) is 36.8 Å². The van der Waals surface area contributed by atoms with E-state index < -0.39 is 23.5 Å². The third kappa shape index (κ3) is 4.60. The molecule has 0 unspecified atom stereocenters. The van der Waals surface area contributed by atoms with E-state index in [1.165, 1.54) is 23.1 Å². The number of halogens is 1. The number of hydrogen-bond acceptors (Lipinski definition) is 7. The number of carbonyl (C=O) groups excluding carboxylic acids is 2. The van der Waals surface area contributed by atoms with Crippen molar-refractivity contribution in [2.45, 2.75) is 45.3 Å². The average molecular weight is 559 g/mol. The normalized spacial score (nSPS) is 19.7. The molecule has 2 atom stereocenters. The van der Waals surface area contributed by atoms with Crippen molar-refractivity contribution in [3.8, 4) is 11.5 Å². The van der Waals surface area contributed by atoms with Crippen LogP contribution in [-0.2, 0) is 16.0 Å². The highest BCUT2D eigenvalue weighted by Gasteiger charge is 2.48. The van der Waals surface area contributed by atoms with E-state index in [-0.39, 0.29) is 22.6 Å². The minimum absolute atomic E-state index is 0.0114. The van der Waals surface area contributed by atoms with E-state index in [4.69, 9.17) is 9.47 Å². The van der Waals surface area contributed by atoms with Crippen molar-refractivity contribution in [3.05, 3.63) is 88.7 Å². The minimum atomic E-state index is -0.969. The van der Waals surface area contributed by atoms with Gasteiger partial charge in [-0.15, -0.1) is 0 Å². The fourth-order valence-corrected chi connectivity index (χ4v) is 6.19. The smallest absolute Gasteiger partial charge is 0.301 e. The summed E-state index contributed by atoms with van der Waals surface area (Å²) in [4.78, 5) is 33.0. The first-order valence-corrected chi connectivity index (χ1v) is 14.1. The summed E-state index contributed by atoms with van der Waals surface area (Å²) in [5.74, 6) is -1.02. The topological polar surface area (TPSA) is 89.0 Å². The average Bonchev–Trinajstić information content (AvgIpc) is 3.60. The van der Waals surface area contributed by atoms with Gasteiger partial charge >= 0.3 is 5.91 Å². The SMILES string of the molecule is CCCCOc1cccc([C@@H]2C(=C(O)c3ccc4c(c3)C[C@H](C)O4)C(=O)C(=O)N2c2nc3ccc(F)cc3s2)c1. The van der Waals surface area contributed by atoms with Crippen LogP contribution in [0, 0.1) is 5.82 Å². The Morgan fingerprint density at radius 2 is 2.02 bits per heavy atom. The molecule has 4 aromatic rings. The molecule has 1 fully saturated rings. The second kappa shape index (κ2) is 10.4. The first kappa shape index (κ1) is 26.0. The van der Waals surface area contributed by atoms with Gasteiger partial charge in [-0.25, -0.2) is 9.37 Å². The van der Waals surface area contributed by atoms with Crippen LogP contribution in [0.1, 0.15) is 49.4 Å². The Bertz CT molecular complexity index is 1680. The number of aliphatic hydroxyl groups is 1. The number of ether oxygens (including phenoxy) is 2. The fraction of sp³-hybridized carbons (Fsp3) is 0.258. The molecule has 204 valence electrons. The molecule has 1 aromatic heterocycles. The third-order valence-corrected chi connectivity index (χ3v) is 8.12. The molecule has 0 bridgehead atoms. The number of benzene rings is 3. The van der Waals surface area contributed by atoms with Gasteiger partial charge in [0, 0.05) is 12.0 Å². The molecule has 0 radical (unpaired) electrons. The third-order valence-electron chi connectivity index (χ3n) is 7.10. The van der Waals surface area contributed by atoms with Crippen LogP contribution in [0.2, 0.25) is 0 Å². The number of fused-ring (bicyclic) bond motifs is 2. The van der Waals surface area contributed by atoms with Crippen LogP contribution in [0.15, 0.2) is 66.2 Å². The molecule has 0 aliphatic carbocycles. The second-order valence-corrected chi connectivity index (χ2v) is 11.0. The zero-order valence-electron chi connectivity index (χ0n) is 22.0. The number of Topliss-reactive ketones (excluding diaryl/α,β-unsaturated/α-hetero) is 1. The molecule has 1 amide bonds. The lowest BCUT2D eigenvalue weighted by molar-refractivity contribution is -0.132. The van der Waals surface area contributed by atoms with Gasteiger partial charge in [0.25, 0.3) is 5.78 Å². The van der Waals surface area contributed by atoms with Crippen molar-refractivity contribution in [2.75, 3.05) is 11.5 Å². The van der Waals surface area contributed by atoms with Crippen molar-refractivity contribution in [2.24, 2.45) is 0 Å². The van der Waals surface area contributed by atoms with Crippen molar-refractivity contribution < 1.29 is 28.6 Å². The van der Waals surface area contributed by atoms with Crippen molar-refractivity contribution in [3.63, 3.8) is 0 Å². The van der Waals surface area contributed by atoms with Gasteiger partial charge in [0.05, 0.1) is 28.4 Å². The highest BCUT2D eigenvalue weighted by atomic mass is 32.1. The summed E-state index contributed by atoms with van der Waals surface area (Å²) in [7, 11) is 0. The number of nitrogens with zero attached hydrogens (tertiary/aromatic N) is 2. The summed E-state index contributed by atoms with van der Waals surface area (Å²) in [6.45, 7) is 4.56. The van der Waals surface area contributed by atoms with E-state index >= 15 is 0 Å². The maximum atomic E-state index is 13.9. The number of carbonyl (C=O) groups is 2. The van der Waals surface area contributed by atoms with Crippen molar-refractivity contribution in [1.82, 2.24) is 4.98 Å². The quantitative estimate of drug-likeness (QED) is 0.120. The maximum absolute atomic E-state index is 13.9. The van der Waals surface area contributed by atoms with Gasteiger partial charge in [0.15, 0.2) is 5.13 Å². The Morgan fingerprint density at radius 3 is 2.85 bits per heavy atom. The predicted octanol–water partition coefficient (Wildman–Crippen LogP) is 6.56. The minimum Gasteiger partial charge on any atom is -0.507 e. The molecular weight excluding hydrogens is 531 g/mol. The Labute approximate surface area is 234 Å². The molecular formula is C31H27FN2O5S. The fourth-order valence-electron chi connectivity index (χ4n) is 5.17. The van der Waals surface area contributed by atoms with Gasteiger partial charge in [-0.2, -0.15) is 0 Å². The molecule has 1 N–H and O–H groups in total. The summed E-state index contributed by atoms with van der Waals surface area (Å²) in [5.41, 5.74) is 2.38. The summed E-state index contributed by atoms with van der Waals surface area (Å²) in [6.07, 6.45) is 2.54. The highest BCUT2D eigenvalue weighted by Crippen LogP contribution is 2.45. The van der Waals surface area contributed by atoms with Gasteiger partial charge in [0.1, 0.15) is 29.2 Å². The lowest BCUT2D eigenvalue weighted by atomic mass is 9.94. The number of aromatic nitrogens is 1. The molecule has 2 aliphatic heterocycles. The molecule has 3 aromatic carbocycles. The molecule has 3 heterocycles. The summed E-state index contributed by atoms with van der Waals surface area (Å²) < 4.78 is 26.2. The second-order valence-electron chi connectivity index (χ2n) is 10.0. The van der Waals surface area contributed by atoms with Crippen molar-refractivity contribution >= 4 is 44.1 Å². The first-order valence-electron chi connectivity index (χ1n) is 13.2. The van der Waals surface area contributed by atoms with E-state index in [1.54, 1.807) is 36.4 Å². The largest absolute Gasteiger partial charge is 0.507 e. The maximum Gasteiger partial charge on any atom is 0.301 e. The van der Waals surface area contributed by atoms with Gasteiger partial charge in [-0.05, 0) is 73.0 Å². The number of amides is 1. The van der Waals surface area contributed by atoms with Crippen LogP contribution >= 0.6 is 11.3 Å². The van der Waals surface area contributed by atoms with E-state index in [0.29, 0.717) is 40.1 Å². The van der Waals surface area contributed by atoms with Crippen LogP contribution in [0.5, 0.6) is 11.5 Å². The number of ketones is 1. The van der Waals surface area contributed by atoms with Gasteiger partial charge in [0.2, 0.25) is 0 Å².